The van der Waals surface area contributed by atoms with Crippen molar-refractivity contribution in [3.05, 3.63) is 52.7 Å². The lowest BCUT2D eigenvalue weighted by Crippen LogP contribution is -2.40. The molecule has 2 N–H and O–H groups in total. The lowest BCUT2D eigenvalue weighted by Gasteiger charge is -2.14. The fourth-order valence-corrected chi connectivity index (χ4v) is 4.60. The molecule has 0 radical (unpaired) electrons. The molecule has 172 valence electrons. The van der Waals surface area contributed by atoms with Gasteiger partial charge in [0.05, 0.1) is 17.3 Å². The van der Waals surface area contributed by atoms with Crippen LogP contribution < -0.4 is 10.2 Å². The van der Waals surface area contributed by atoms with Gasteiger partial charge in [-0.3, -0.25) is 9.59 Å². The Bertz CT molecular complexity index is 1460. The predicted octanol–water partition coefficient (Wildman–Crippen LogP) is 0.258. The van der Waals surface area contributed by atoms with Crippen LogP contribution in [-0.2, 0) is 23.3 Å². The number of fused-ring (bicyclic) bond motifs is 2. The van der Waals surface area contributed by atoms with E-state index >= 15 is 0 Å². The zero-order chi connectivity index (χ0) is 23.4. The molecule has 0 unspecified atom stereocenters. The minimum absolute atomic E-state index is 0.209. The zero-order valence-electron chi connectivity index (χ0n) is 18.1. The van der Waals surface area contributed by atoms with Crippen molar-refractivity contribution in [2.75, 3.05) is 0 Å². The van der Waals surface area contributed by atoms with Gasteiger partial charge in [-0.25, -0.2) is 9.78 Å². The summed E-state index contributed by atoms with van der Waals surface area (Å²) in [5, 5.41) is 20.9. The summed E-state index contributed by atoms with van der Waals surface area (Å²) in [5.41, 5.74) is 2.16. The van der Waals surface area contributed by atoms with Gasteiger partial charge in [-0.2, -0.15) is 15.4 Å². The second-order valence-electron chi connectivity index (χ2n) is 8.46. The maximum atomic E-state index is 13.3. The first kappa shape index (κ1) is 20.2. The molecule has 13 heteroatoms. The number of aromatic nitrogens is 8. The van der Waals surface area contributed by atoms with Gasteiger partial charge in [0.15, 0.2) is 0 Å². The van der Waals surface area contributed by atoms with Crippen LogP contribution in [0.2, 0.25) is 0 Å². The van der Waals surface area contributed by atoms with Gasteiger partial charge in [-0.1, -0.05) is 0 Å². The summed E-state index contributed by atoms with van der Waals surface area (Å²) in [4.78, 5) is 49.9. The van der Waals surface area contributed by atoms with Crippen molar-refractivity contribution in [2.45, 2.75) is 44.7 Å². The molecule has 4 aromatic rings. The molecule has 2 aliphatic rings. The van der Waals surface area contributed by atoms with Gasteiger partial charge in [-0.05, 0) is 60.4 Å². The Labute approximate surface area is 191 Å². The minimum atomic E-state index is -0.740. The average Bonchev–Trinajstić information content (AvgIpc) is 3.29. The topological polar surface area (TPSA) is 163 Å². The number of nitrogens with zero attached hydrogens (tertiary/aromatic N) is 7. The fourth-order valence-electron chi connectivity index (χ4n) is 4.60. The number of pyridine rings is 1. The molecule has 13 nitrogen and oxygen atoms in total. The number of aromatic amines is 1. The van der Waals surface area contributed by atoms with Crippen LogP contribution in [0.25, 0.3) is 11.2 Å². The fraction of sp³-hybridized carbons (Fsp3) is 0.333. The maximum absolute atomic E-state index is 13.3. The molecular weight excluding hydrogens is 442 g/mol. The number of hydrogen-bond acceptors (Lipinski definition) is 9. The van der Waals surface area contributed by atoms with Gasteiger partial charge in [0.25, 0.3) is 11.7 Å². The maximum Gasteiger partial charge on any atom is 0.382 e. The molecule has 0 spiro atoms. The van der Waals surface area contributed by atoms with Gasteiger partial charge >= 0.3 is 5.97 Å². The largest absolute Gasteiger partial charge is 0.382 e. The SMILES string of the molecule is Cc1c(C(=O)C(=O)NC2(c3cn[nH]n3)CC2)c2n(c1C(=O)On1nnc3cccnc31)CCC2. The minimum Gasteiger partial charge on any atom is -0.338 e. The van der Waals surface area contributed by atoms with Crippen molar-refractivity contribution in [3.8, 4) is 0 Å². The van der Waals surface area contributed by atoms with Crippen LogP contribution in [0.3, 0.4) is 0 Å². The summed E-state index contributed by atoms with van der Waals surface area (Å²) in [5.74, 6) is -2.14. The van der Waals surface area contributed by atoms with Crippen LogP contribution in [-0.4, -0.2) is 57.8 Å². The van der Waals surface area contributed by atoms with Gasteiger partial charge in [-0.15, -0.1) is 5.10 Å². The average molecular weight is 461 g/mol. The van der Waals surface area contributed by atoms with Crippen LogP contribution >= 0.6 is 0 Å². The van der Waals surface area contributed by atoms with E-state index < -0.39 is 23.2 Å². The first-order chi connectivity index (χ1) is 16.5. The number of ketones is 1. The van der Waals surface area contributed by atoms with Crippen molar-refractivity contribution in [1.82, 2.24) is 45.4 Å². The number of rotatable bonds is 6. The quantitative estimate of drug-likeness (QED) is 0.233. The Hall–Kier alpha value is -4.42. The molecule has 4 aromatic heterocycles. The molecule has 34 heavy (non-hydrogen) atoms. The lowest BCUT2D eigenvalue weighted by atomic mass is 10.0. The predicted molar refractivity (Wildman–Crippen MR) is 113 cm³/mol. The number of Topliss-reactive ketones (excluding diaryl/α,β-unsaturated/α-hetero) is 1. The molecule has 1 amide bonds. The van der Waals surface area contributed by atoms with Gasteiger partial charge in [0, 0.05) is 18.4 Å². The van der Waals surface area contributed by atoms with E-state index in [2.05, 4.69) is 36.0 Å². The highest BCUT2D eigenvalue weighted by atomic mass is 16.7. The van der Waals surface area contributed by atoms with E-state index in [0.717, 1.165) is 11.3 Å². The van der Waals surface area contributed by atoms with Gasteiger partial charge in [0.1, 0.15) is 16.9 Å². The molecular formula is C21H19N9O4. The van der Waals surface area contributed by atoms with Gasteiger partial charge < -0.3 is 14.7 Å². The van der Waals surface area contributed by atoms with Crippen molar-refractivity contribution < 1.29 is 19.2 Å². The summed E-state index contributed by atoms with van der Waals surface area (Å²) < 4.78 is 1.75. The molecule has 1 fully saturated rings. The third-order valence-corrected chi connectivity index (χ3v) is 6.39. The van der Waals surface area contributed by atoms with E-state index in [9.17, 15) is 14.4 Å². The Balaban J connectivity index is 1.30. The van der Waals surface area contributed by atoms with E-state index in [1.807, 2.05) is 0 Å². The zero-order valence-corrected chi connectivity index (χ0v) is 18.1. The van der Waals surface area contributed by atoms with Gasteiger partial charge in [0.2, 0.25) is 5.65 Å². The third-order valence-electron chi connectivity index (χ3n) is 6.39. The van der Waals surface area contributed by atoms with Crippen LogP contribution in [0.5, 0.6) is 0 Å². The van der Waals surface area contributed by atoms with E-state index in [1.165, 1.54) is 12.4 Å². The Morgan fingerprint density at radius 1 is 1.26 bits per heavy atom. The smallest absolute Gasteiger partial charge is 0.338 e. The summed E-state index contributed by atoms with van der Waals surface area (Å²) in [7, 11) is 0. The Morgan fingerprint density at radius 3 is 2.88 bits per heavy atom. The number of carbonyl (C=O) groups is 3. The first-order valence-corrected chi connectivity index (χ1v) is 10.8. The summed E-state index contributed by atoms with van der Waals surface area (Å²) in [6, 6.07) is 3.39. The van der Waals surface area contributed by atoms with Crippen LogP contribution in [0, 0.1) is 6.92 Å². The van der Waals surface area contributed by atoms with E-state index in [1.54, 1.807) is 23.6 Å². The summed E-state index contributed by atoms with van der Waals surface area (Å²) in [6.07, 6.45) is 5.73. The Kier molecular flexibility index (Phi) is 4.34. The Morgan fingerprint density at radius 2 is 2.12 bits per heavy atom. The number of amides is 1. The summed E-state index contributed by atoms with van der Waals surface area (Å²) in [6.45, 7) is 2.18. The molecule has 1 saturated carbocycles. The number of H-pyrrole nitrogens is 1. The number of nitrogens with one attached hydrogen (secondary N) is 2. The standard InChI is InChI=1S/C21H19N9O4/c1-11-15(17(31)19(32)24-21(6-7-21)14-10-23-27-26-14)13-5-3-9-29(13)16(11)20(33)34-30-18-12(25-28-30)4-2-8-22-18/h2,4,8,10H,3,5-7,9H2,1H3,(H,24,32)(H,23,26,27). The van der Waals surface area contributed by atoms with Crippen LogP contribution in [0.1, 0.15) is 57.1 Å². The highest BCUT2D eigenvalue weighted by Gasteiger charge is 2.49. The van der Waals surface area contributed by atoms with Crippen molar-refractivity contribution in [1.29, 1.82) is 0 Å². The van der Waals surface area contributed by atoms with Crippen molar-refractivity contribution in [2.24, 2.45) is 0 Å². The van der Waals surface area contributed by atoms with E-state index in [0.29, 0.717) is 53.9 Å². The lowest BCUT2D eigenvalue weighted by molar-refractivity contribution is -0.118. The van der Waals surface area contributed by atoms with E-state index in [4.69, 9.17) is 4.84 Å². The summed E-state index contributed by atoms with van der Waals surface area (Å²) >= 11 is 0. The monoisotopic (exact) mass is 461 g/mol. The molecule has 0 atom stereocenters. The molecule has 1 aliphatic heterocycles. The molecule has 0 saturated heterocycles. The normalized spacial score (nSPS) is 15.8. The molecule has 1 aliphatic carbocycles. The number of hydrogen-bond donors (Lipinski definition) is 2. The van der Waals surface area contributed by atoms with E-state index in [-0.39, 0.29) is 11.3 Å². The molecule has 0 bridgehead atoms. The number of carbonyl (C=O) groups excluding carboxylic acids is 3. The molecule has 6 rings (SSSR count). The van der Waals surface area contributed by atoms with Crippen LogP contribution in [0.4, 0.5) is 0 Å². The second kappa shape index (κ2) is 7.30. The molecule has 5 heterocycles. The highest BCUT2D eigenvalue weighted by Crippen LogP contribution is 2.44. The highest BCUT2D eigenvalue weighted by molar-refractivity contribution is 6.43. The first-order valence-electron chi connectivity index (χ1n) is 10.8. The van der Waals surface area contributed by atoms with Crippen LogP contribution in [0.15, 0.2) is 24.5 Å². The second-order valence-corrected chi connectivity index (χ2v) is 8.46. The van der Waals surface area contributed by atoms with Crippen molar-refractivity contribution in [3.63, 3.8) is 0 Å². The molecule has 0 aromatic carbocycles. The third kappa shape index (κ3) is 3.00. The van der Waals surface area contributed by atoms with Crippen molar-refractivity contribution >= 4 is 28.8 Å².